The number of fused-ring (bicyclic) bond motifs is 1. The van der Waals surface area contributed by atoms with Gasteiger partial charge in [-0.15, -0.1) is 0 Å². The van der Waals surface area contributed by atoms with Crippen LogP contribution in [0.25, 0.3) is 11.0 Å². The molecule has 0 aliphatic carbocycles. The number of aliphatic hydroxyl groups is 3. The predicted octanol–water partition coefficient (Wildman–Crippen LogP) is -2.05. The quantitative estimate of drug-likeness (QED) is 0.243. The summed E-state index contributed by atoms with van der Waals surface area (Å²) in [4.78, 5) is 8.06. The van der Waals surface area contributed by atoms with Crippen LogP contribution in [-0.4, -0.2) is 67.7 Å². The van der Waals surface area contributed by atoms with E-state index in [4.69, 9.17) is 21.6 Å². The number of hydrogen-bond donors (Lipinski definition) is 7. The van der Waals surface area contributed by atoms with Gasteiger partial charge < -0.3 is 36.8 Å². The van der Waals surface area contributed by atoms with Crippen molar-refractivity contribution in [1.82, 2.24) is 14.5 Å². The molecule has 11 heteroatoms. The molecule has 1 saturated heterocycles. The van der Waals surface area contributed by atoms with Crippen molar-refractivity contribution in [3.8, 4) is 0 Å². The van der Waals surface area contributed by atoms with E-state index in [1.165, 1.54) is 10.9 Å². The molecule has 0 amide bonds. The van der Waals surface area contributed by atoms with Crippen molar-refractivity contribution in [1.29, 1.82) is 5.41 Å². The molecule has 24 heavy (non-hydrogen) atoms. The highest BCUT2D eigenvalue weighted by Crippen LogP contribution is 2.39. The number of nitrogens with zero attached hydrogens (tertiary/aromatic N) is 3. The van der Waals surface area contributed by atoms with Gasteiger partial charge in [0.2, 0.25) is 0 Å². The van der Waals surface area contributed by atoms with Crippen LogP contribution >= 0.6 is 0 Å². The second kappa shape index (κ2) is 5.87. The minimum absolute atomic E-state index is 0.118. The summed E-state index contributed by atoms with van der Waals surface area (Å²) in [7, 11) is 1.60. The minimum Gasteiger partial charge on any atom is -0.394 e. The number of rotatable bonds is 4. The first-order valence-electron chi connectivity index (χ1n) is 7.21. The lowest BCUT2D eigenvalue weighted by atomic mass is 10.1. The number of anilines is 2. The molecule has 3 rings (SSSR count). The Hall–Kier alpha value is -2.47. The van der Waals surface area contributed by atoms with Gasteiger partial charge in [-0.05, 0) is 0 Å². The van der Waals surface area contributed by atoms with Gasteiger partial charge in [0.15, 0.2) is 6.23 Å². The van der Waals surface area contributed by atoms with Crippen LogP contribution in [0.15, 0.2) is 6.33 Å². The molecule has 130 valence electrons. The van der Waals surface area contributed by atoms with Crippen LogP contribution < -0.4 is 16.8 Å². The van der Waals surface area contributed by atoms with Gasteiger partial charge in [-0.3, -0.25) is 9.98 Å². The van der Waals surface area contributed by atoms with Gasteiger partial charge >= 0.3 is 0 Å². The Morgan fingerprint density at radius 2 is 2.12 bits per heavy atom. The molecule has 0 unspecified atom stereocenters. The molecule has 0 bridgehead atoms. The molecule has 0 saturated carbocycles. The number of aliphatic hydroxyl groups excluding tert-OH is 3. The summed E-state index contributed by atoms with van der Waals surface area (Å²) in [6.45, 7) is -0.459. The molecule has 0 aromatic carbocycles. The summed E-state index contributed by atoms with van der Waals surface area (Å²) in [5, 5.41) is 40.7. The number of nitrogens with one attached hydrogen (secondary N) is 2. The van der Waals surface area contributed by atoms with E-state index < -0.39 is 31.1 Å². The molecule has 1 aliphatic heterocycles. The number of ether oxygens (including phenoxy) is 1. The highest BCUT2D eigenvalue weighted by molar-refractivity contribution is 6.14. The molecule has 0 spiro atoms. The van der Waals surface area contributed by atoms with E-state index in [0.717, 1.165) is 0 Å². The Morgan fingerprint density at radius 1 is 1.42 bits per heavy atom. The maximum absolute atomic E-state index is 10.3. The van der Waals surface area contributed by atoms with Crippen molar-refractivity contribution in [2.75, 3.05) is 24.7 Å². The standard InChI is InChI=1S/C13H19N7O4/c1-17-11-5(9(14)15)6-10(16)18-3-19-12(6)20(11)13-8(23)7(22)4(2-21)24-13/h3-4,7-8,13,17,21-23H,2H2,1H3,(H3,14,15)(H2,16,18,19)/t4-,7-,8-,13-/m1/s1. The number of hydrogen-bond acceptors (Lipinski definition) is 9. The van der Waals surface area contributed by atoms with Gasteiger partial charge in [-0.25, -0.2) is 9.97 Å². The molecule has 2 aromatic heterocycles. The minimum atomic E-state index is -1.32. The predicted molar refractivity (Wildman–Crippen MR) is 85.5 cm³/mol. The second-order valence-corrected chi connectivity index (χ2v) is 5.44. The SMILES string of the molecule is CNc1c(C(=N)N)c2c(N)ncnc2n1[C@@H]1O[C@H](CO)[C@@H](O)[C@H]1O. The Bertz CT molecular complexity index is 792. The molecule has 1 fully saturated rings. The monoisotopic (exact) mass is 337 g/mol. The van der Waals surface area contributed by atoms with Crippen LogP contribution in [0.4, 0.5) is 11.6 Å². The average molecular weight is 337 g/mol. The summed E-state index contributed by atoms with van der Waals surface area (Å²) in [5.74, 6) is 0.183. The van der Waals surface area contributed by atoms with Crippen molar-refractivity contribution >= 4 is 28.5 Å². The van der Waals surface area contributed by atoms with E-state index in [9.17, 15) is 15.3 Å². The van der Waals surface area contributed by atoms with Crippen LogP contribution in [-0.2, 0) is 4.74 Å². The van der Waals surface area contributed by atoms with Crippen molar-refractivity contribution in [2.24, 2.45) is 5.73 Å². The summed E-state index contributed by atoms with van der Waals surface area (Å²) >= 11 is 0. The summed E-state index contributed by atoms with van der Waals surface area (Å²) in [6, 6.07) is 0. The number of amidine groups is 1. The van der Waals surface area contributed by atoms with E-state index in [0.29, 0.717) is 11.2 Å². The van der Waals surface area contributed by atoms with Crippen molar-refractivity contribution < 1.29 is 20.1 Å². The zero-order chi connectivity index (χ0) is 17.6. The van der Waals surface area contributed by atoms with Gasteiger partial charge in [0.25, 0.3) is 0 Å². The van der Waals surface area contributed by atoms with E-state index in [1.807, 2.05) is 0 Å². The Labute approximate surface area is 136 Å². The van der Waals surface area contributed by atoms with Crippen LogP contribution in [0.1, 0.15) is 11.8 Å². The van der Waals surface area contributed by atoms with Crippen molar-refractivity contribution in [3.05, 3.63) is 11.9 Å². The topological polar surface area (TPSA) is 189 Å². The smallest absolute Gasteiger partial charge is 0.166 e. The van der Waals surface area contributed by atoms with Crippen molar-refractivity contribution in [3.63, 3.8) is 0 Å². The van der Waals surface area contributed by atoms with Gasteiger partial charge in [0.05, 0.1) is 17.6 Å². The van der Waals surface area contributed by atoms with Crippen LogP contribution in [0.2, 0.25) is 0 Å². The van der Waals surface area contributed by atoms with E-state index in [-0.39, 0.29) is 22.9 Å². The molecule has 4 atom stereocenters. The second-order valence-electron chi connectivity index (χ2n) is 5.44. The molecule has 2 aromatic rings. The molecule has 9 N–H and O–H groups in total. The van der Waals surface area contributed by atoms with Gasteiger partial charge in [0.1, 0.15) is 47.8 Å². The number of nitrogen functional groups attached to an aromatic ring is 2. The van der Waals surface area contributed by atoms with Crippen molar-refractivity contribution in [2.45, 2.75) is 24.5 Å². The van der Waals surface area contributed by atoms with Crippen LogP contribution in [0.5, 0.6) is 0 Å². The highest BCUT2D eigenvalue weighted by Gasteiger charge is 2.45. The molecular weight excluding hydrogens is 318 g/mol. The highest BCUT2D eigenvalue weighted by atomic mass is 16.6. The third-order valence-electron chi connectivity index (χ3n) is 4.09. The summed E-state index contributed by atoms with van der Waals surface area (Å²) < 4.78 is 7.02. The lowest BCUT2D eigenvalue weighted by Crippen LogP contribution is -2.33. The first-order chi connectivity index (χ1) is 11.4. The van der Waals surface area contributed by atoms with E-state index in [1.54, 1.807) is 7.05 Å². The average Bonchev–Trinajstić information content (AvgIpc) is 3.03. The third-order valence-corrected chi connectivity index (χ3v) is 4.09. The third kappa shape index (κ3) is 2.17. The molecular formula is C13H19N7O4. The van der Waals surface area contributed by atoms with Gasteiger partial charge in [-0.2, -0.15) is 0 Å². The fourth-order valence-electron chi connectivity index (χ4n) is 3.01. The van der Waals surface area contributed by atoms with E-state index in [2.05, 4.69) is 15.3 Å². The van der Waals surface area contributed by atoms with E-state index >= 15 is 0 Å². The van der Waals surface area contributed by atoms with Crippen LogP contribution in [0.3, 0.4) is 0 Å². The molecule has 3 heterocycles. The number of aromatic nitrogens is 3. The Kier molecular flexibility index (Phi) is 4.01. The maximum Gasteiger partial charge on any atom is 0.166 e. The summed E-state index contributed by atoms with van der Waals surface area (Å²) in [6.07, 6.45) is -3.36. The molecule has 11 nitrogen and oxygen atoms in total. The lowest BCUT2D eigenvalue weighted by Gasteiger charge is -2.20. The lowest BCUT2D eigenvalue weighted by molar-refractivity contribution is -0.0499. The first-order valence-corrected chi connectivity index (χ1v) is 7.21. The molecule has 0 radical (unpaired) electrons. The maximum atomic E-state index is 10.3. The number of nitrogens with two attached hydrogens (primary N) is 2. The fraction of sp³-hybridized carbons (Fsp3) is 0.462. The van der Waals surface area contributed by atoms with Crippen LogP contribution in [0, 0.1) is 5.41 Å². The largest absolute Gasteiger partial charge is 0.394 e. The normalized spacial score (nSPS) is 26.8. The molecule has 1 aliphatic rings. The van der Waals surface area contributed by atoms with Gasteiger partial charge in [-0.1, -0.05) is 0 Å². The first kappa shape index (κ1) is 16.4. The zero-order valence-corrected chi connectivity index (χ0v) is 12.8. The van der Waals surface area contributed by atoms with Gasteiger partial charge in [0, 0.05) is 7.05 Å². The Morgan fingerprint density at radius 3 is 2.67 bits per heavy atom. The fourth-order valence-corrected chi connectivity index (χ4v) is 3.01. The summed E-state index contributed by atoms with van der Waals surface area (Å²) in [5.41, 5.74) is 12.1. The zero-order valence-electron chi connectivity index (χ0n) is 12.8. The Balaban J connectivity index is 2.29.